The molecule has 8 heteroatoms. The maximum Gasteiger partial charge on any atom is 0.306 e. The normalized spacial score (nSPS) is 10.2. The lowest BCUT2D eigenvalue weighted by Crippen LogP contribution is -2.14. The average Bonchev–Trinajstić information content (AvgIpc) is 2.92. The maximum atomic E-state index is 11.6. The Morgan fingerprint density at radius 1 is 1.33 bits per heavy atom. The molecule has 0 fully saturated rings. The molecule has 0 saturated heterocycles. The predicted molar refractivity (Wildman–Crippen MR) is 72.1 cm³/mol. The number of carbonyl (C=O) groups is 2. The van der Waals surface area contributed by atoms with E-state index in [-0.39, 0.29) is 18.7 Å². The van der Waals surface area contributed by atoms with E-state index >= 15 is 0 Å². The number of nitrogens with one attached hydrogen (secondary N) is 1. The molecule has 1 amide bonds. The molecule has 2 aromatic heterocycles. The van der Waals surface area contributed by atoms with Crippen LogP contribution in [-0.2, 0) is 14.3 Å². The summed E-state index contributed by atoms with van der Waals surface area (Å²) in [6.07, 6.45) is 1.60. The molecule has 21 heavy (non-hydrogen) atoms. The summed E-state index contributed by atoms with van der Waals surface area (Å²) in [4.78, 5) is 30.7. The van der Waals surface area contributed by atoms with Crippen LogP contribution in [0, 0.1) is 6.92 Å². The van der Waals surface area contributed by atoms with Crippen LogP contribution in [0.3, 0.4) is 0 Å². The molecule has 0 aliphatic carbocycles. The van der Waals surface area contributed by atoms with E-state index < -0.39 is 5.97 Å². The monoisotopic (exact) mass is 290 g/mol. The standard InChI is InChI=1S/C13H14N4O4/c1-8-15-13(17-21-8)9-3-4-10(14-7-9)16-11(18)5-6-12(19)20-2/h3-4,7H,5-6H2,1-2H3,(H,14,16,18). The Morgan fingerprint density at radius 3 is 2.71 bits per heavy atom. The lowest BCUT2D eigenvalue weighted by molar-refractivity contribution is -0.141. The van der Waals surface area contributed by atoms with Crippen molar-refractivity contribution in [3.63, 3.8) is 0 Å². The minimum atomic E-state index is -0.430. The number of rotatable bonds is 5. The Morgan fingerprint density at radius 2 is 2.14 bits per heavy atom. The van der Waals surface area contributed by atoms with Gasteiger partial charge in [-0.15, -0.1) is 0 Å². The number of carbonyl (C=O) groups excluding carboxylic acids is 2. The maximum absolute atomic E-state index is 11.6. The zero-order chi connectivity index (χ0) is 15.2. The quantitative estimate of drug-likeness (QED) is 0.827. The van der Waals surface area contributed by atoms with Gasteiger partial charge in [-0.3, -0.25) is 9.59 Å². The molecule has 0 unspecified atom stereocenters. The highest BCUT2D eigenvalue weighted by Crippen LogP contribution is 2.16. The van der Waals surface area contributed by atoms with Crippen LogP contribution in [0.4, 0.5) is 5.82 Å². The first-order valence-corrected chi connectivity index (χ1v) is 6.22. The lowest BCUT2D eigenvalue weighted by Gasteiger charge is -2.04. The molecule has 0 aromatic carbocycles. The minimum absolute atomic E-state index is 0.0303. The van der Waals surface area contributed by atoms with Gasteiger partial charge in [0, 0.05) is 25.1 Å². The van der Waals surface area contributed by atoms with Crippen LogP contribution in [0.5, 0.6) is 0 Å². The topological polar surface area (TPSA) is 107 Å². The SMILES string of the molecule is COC(=O)CCC(=O)Nc1ccc(-c2noc(C)n2)cn1. The first-order valence-electron chi connectivity index (χ1n) is 6.22. The molecule has 0 radical (unpaired) electrons. The summed E-state index contributed by atoms with van der Waals surface area (Å²) in [5, 5.41) is 6.35. The summed E-state index contributed by atoms with van der Waals surface area (Å²) in [5.41, 5.74) is 0.680. The fourth-order valence-electron chi connectivity index (χ4n) is 1.54. The van der Waals surface area contributed by atoms with E-state index in [0.29, 0.717) is 23.1 Å². The first-order chi connectivity index (χ1) is 10.1. The van der Waals surface area contributed by atoms with E-state index in [9.17, 15) is 9.59 Å². The number of amides is 1. The summed E-state index contributed by atoms with van der Waals surface area (Å²) in [6.45, 7) is 1.69. The van der Waals surface area contributed by atoms with Crippen molar-refractivity contribution < 1.29 is 18.8 Å². The highest BCUT2D eigenvalue weighted by molar-refractivity contribution is 5.91. The van der Waals surface area contributed by atoms with Crippen LogP contribution in [0.1, 0.15) is 18.7 Å². The summed E-state index contributed by atoms with van der Waals surface area (Å²) in [5.74, 6) is 0.541. The molecule has 2 heterocycles. The van der Waals surface area contributed by atoms with E-state index in [1.165, 1.54) is 13.3 Å². The molecular formula is C13H14N4O4. The largest absolute Gasteiger partial charge is 0.469 e. The second-order valence-electron chi connectivity index (χ2n) is 4.19. The van der Waals surface area contributed by atoms with E-state index in [4.69, 9.17) is 4.52 Å². The van der Waals surface area contributed by atoms with Gasteiger partial charge in [-0.25, -0.2) is 4.98 Å². The molecule has 0 aliphatic heterocycles. The van der Waals surface area contributed by atoms with Crippen molar-refractivity contribution in [2.45, 2.75) is 19.8 Å². The van der Waals surface area contributed by atoms with Gasteiger partial charge < -0.3 is 14.6 Å². The lowest BCUT2D eigenvalue weighted by atomic mass is 10.2. The highest BCUT2D eigenvalue weighted by Gasteiger charge is 2.09. The molecule has 0 saturated carbocycles. The summed E-state index contributed by atoms with van der Waals surface area (Å²) >= 11 is 0. The highest BCUT2D eigenvalue weighted by atomic mass is 16.5. The fourth-order valence-corrected chi connectivity index (χ4v) is 1.54. The molecule has 2 rings (SSSR count). The van der Waals surface area contributed by atoms with Gasteiger partial charge in [-0.1, -0.05) is 5.16 Å². The third-order valence-corrected chi connectivity index (χ3v) is 2.60. The van der Waals surface area contributed by atoms with Gasteiger partial charge in [0.15, 0.2) is 0 Å². The number of nitrogens with zero attached hydrogens (tertiary/aromatic N) is 3. The molecule has 2 aromatic rings. The Balaban J connectivity index is 1.93. The minimum Gasteiger partial charge on any atom is -0.469 e. The molecule has 0 bridgehead atoms. The Kier molecular flexibility index (Phi) is 4.60. The summed E-state index contributed by atoms with van der Waals surface area (Å²) in [7, 11) is 1.28. The van der Waals surface area contributed by atoms with Gasteiger partial charge in [0.25, 0.3) is 0 Å². The number of aryl methyl sites for hydroxylation is 1. The van der Waals surface area contributed by atoms with Crippen LogP contribution in [0.15, 0.2) is 22.9 Å². The van der Waals surface area contributed by atoms with Crippen molar-refractivity contribution in [3.05, 3.63) is 24.2 Å². The Hall–Kier alpha value is -2.77. The zero-order valence-corrected chi connectivity index (χ0v) is 11.6. The number of aromatic nitrogens is 3. The number of anilines is 1. The van der Waals surface area contributed by atoms with Gasteiger partial charge in [-0.2, -0.15) is 4.98 Å². The number of ether oxygens (including phenoxy) is 1. The molecule has 1 N–H and O–H groups in total. The zero-order valence-electron chi connectivity index (χ0n) is 11.6. The van der Waals surface area contributed by atoms with Crippen molar-refractivity contribution >= 4 is 17.7 Å². The first kappa shape index (κ1) is 14.6. The number of pyridine rings is 1. The van der Waals surface area contributed by atoms with Gasteiger partial charge in [0.1, 0.15) is 5.82 Å². The van der Waals surface area contributed by atoms with Crippen molar-refractivity contribution in [1.82, 2.24) is 15.1 Å². The molecule has 0 spiro atoms. The van der Waals surface area contributed by atoms with E-state index in [1.807, 2.05) is 0 Å². The van der Waals surface area contributed by atoms with E-state index in [2.05, 4.69) is 25.2 Å². The molecule has 0 atom stereocenters. The summed E-state index contributed by atoms with van der Waals surface area (Å²) in [6, 6.07) is 3.34. The van der Waals surface area contributed by atoms with Crippen LogP contribution < -0.4 is 5.32 Å². The average molecular weight is 290 g/mol. The Labute approximate surface area is 120 Å². The molecule has 8 nitrogen and oxygen atoms in total. The third-order valence-electron chi connectivity index (χ3n) is 2.60. The van der Waals surface area contributed by atoms with Crippen molar-refractivity contribution in [2.24, 2.45) is 0 Å². The van der Waals surface area contributed by atoms with Gasteiger partial charge in [0.05, 0.1) is 13.5 Å². The smallest absolute Gasteiger partial charge is 0.306 e. The van der Waals surface area contributed by atoms with Gasteiger partial charge in [0.2, 0.25) is 17.6 Å². The Bertz CT molecular complexity index is 636. The molecular weight excluding hydrogens is 276 g/mol. The molecule has 110 valence electrons. The van der Waals surface area contributed by atoms with Crippen molar-refractivity contribution in [3.8, 4) is 11.4 Å². The molecule has 0 aliphatic rings. The third kappa shape index (κ3) is 4.10. The van der Waals surface area contributed by atoms with Crippen LogP contribution in [0.2, 0.25) is 0 Å². The number of hydrogen-bond acceptors (Lipinski definition) is 7. The van der Waals surface area contributed by atoms with E-state index in [1.54, 1.807) is 19.1 Å². The second-order valence-corrected chi connectivity index (χ2v) is 4.19. The van der Waals surface area contributed by atoms with Crippen molar-refractivity contribution in [2.75, 3.05) is 12.4 Å². The van der Waals surface area contributed by atoms with Crippen LogP contribution >= 0.6 is 0 Å². The summed E-state index contributed by atoms with van der Waals surface area (Å²) < 4.78 is 9.34. The predicted octanol–water partition coefficient (Wildman–Crippen LogP) is 1.33. The van der Waals surface area contributed by atoms with Crippen LogP contribution in [-0.4, -0.2) is 34.1 Å². The second kappa shape index (κ2) is 6.60. The van der Waals surface area contributed by atoms with E-state index in [0.717, 1.165) is 0 Å². The number of methoxy groups -OCH3 is 1. The number of hydrogen-bond donors (Lipinski definition) is 1. The van der Waals surface area contributed by atoms with Gasteiger partial charge in [-0.05, 0) is 12.1 Å². The fraction of sp³-hybridized carbons (Fsp3) is 0.308. The van der Waals surface area contributed by atoms with Gasteiger partial charge >= 0.3 is 5.97 Å². The number of esters is 1. The van der Waals surface area contributed by atoms with Crippen LogP contribution in [0.25, 0.3) is 11.4 Å². The van der Waals surface area contributed by atoms with Crippen molar-refractivity contribution in [1.29, 1.82) is 0 Å².